The molecule has 0 aliphatic rings. The molecule has 0 aliphatic carbocycles. The van der Waals surface area contributed by atoms with Crippen molar-refractivity contribution in [2.75, 3.05) is 11.9 Å². The molecule has 2 aromatic rings. The highest BCUT2D eigenvalue weighted by molar-refractivity contribution is 5.94. The number of Topliss-reactive ketones (excluding diaryl/α,β-unsaturated/α-hetero) is 1. The Kier molecular flexibility index (Phi) is 10.5. The first kappa shape index (κ1) is 30.0. The molecule has 1 aromatic heterocycles. The van der Waals surface area contributed by atoms with Gasteiger partial charge in [0.1, 0.15) is 24.4 Å². The van der Waals surface area contributed by atoms with Crippen LogP contribution in [0.15, 0.2) is 29.2 Å². The van der Waals surface area contributed by atoms with Crippen molar-refractivity contribution in [3.8, 4) is 5.75 Å². The van der Waals surface area contributed by atoms with E-state index in [9.17, 15) is 41.5 Å². The molecule has 0 saturated carbocycles. The summed E-state index contributed by atoms with van der Waals surface area (Å²) in [6, 6.07) is -0.375. The number of benzene rings is 1. The highest BCUT2D eigenvalue weighted by atomic mass is 19.2. The van der Waals surface area contributed by atoms with Gasteiger partial charge in [-0.2, -0.15) is 8.78 Å². The van der Waals surface area contributed by atoms with E-state index >= 15 is 0 Å². The van der Waals surface area contributed by atoms with Crippen LogP contribution in [0.25, 0.3) is 0 Å². The van der Waals surface area contributed by atoms with E-state index in [0.29, 0.717) is 6.42 Å². The van der Waals surface area contributed by atoms with Crippen molar-refractivity contribution in [2.45, 2.75) is 51.6 Å². The van der Waals surface area contributed by atoms with Crippen LogP contribution in [0.2, 0.25) is 0 Å². The first-order chi connectivity index (χ1) is 17.9. The average Bonchev–Trinajstić information content (AvgIpc) is 2.84. The highest BCUT2D eigenvalue weighted by Crippen LogP contribution is 2.26. The number of amides is 2. The number of carboxylic acids is 1. The van der Waals surface area contributed by atoms with Gasteiger partial charge in [-0.1, -0.05) is 13.8 Å². The van der Waals surface area contributed by atoms with E-state index in [0.717, 1.165) is 4.57 Å². The van der Waals surface area contributed by atoms with Gasteiger partial charge in [-0.05, 0) is 25.0 Å². The Bertz CT molecular complexity index is 1260. The van der Waals surface area contributed by atoms with Gasteiger partial charge in [-0.3, -0.25) is 24.0 Å². The van der Waals surface area contributed by atoms with Gasteiger partial charge in [0.15, 0.2) is 23.2 Å². The number of halogens is 4. The average molecular weight is 543 g/mol. The first-order valence-corrected chi connectivity index (χ1v) is 11.4. The molecule has 0 aliphatic heterocycles. The molecule has 0 radical (unpaired) electrons. The normalized spacial score (nSPS) is 12.4. The van der Waals surface area contributed by atoms with Gasteiger partial charge in [0.2, 0.25) is 23.4 Å². The van der Waals surface area contributed by atoms with E-state index in [1.54, 1.807) is 6.92 Å². The number of carbonyl (C=O) groups is 4. The number of ketones is 1. The summed E-state index contributed by atoms with van der Waals surface area (Å²) in [5.74, 6) is -13.0. The number of hydrogen-bond donors (Lipinski definition) is 3. The summed E-state index contributed by atoms with van der Waals surface area (Å²) in [4.78, 5) is 61.5. The Labute approximate surface area is 213 Å². The molecule has 1 aromatic carbocycles. The number of rotatable bonds is 13. The molecule has 2 rings (SSSR count). The number of carbonyl (C=O) groups excluding carboxylic acids is 3. The lowest BCUT2D eigenvalue weighted by Gasteiger charge is -2.22. The van der Waals surface area contributed by atoms with E-state index < -0.39 is 83.3 Å². The number of ether oxygens (including phenoxy) is 1. The SMILES string of the molecule is CCCC(=O)Nc1cccn(C(CC)C(=O)N[C@@H](CC(=O)O)C(=O)COc2c(F)c(F)cc(F)c2F)c1=O. The lowest BCUT2D eigenvalue weighted by atomic mass is 10.1. The van der Waals surface area contributed by atoms with E-state index in [-0.39, 0.29) is 24.6 Å². The van der Waals surface area contributed by atoms with E-state index in [4.69, 9.17) is 5.11 Å². The largest absolute Gasteiger partial charge is 0.481 e. The highest BCUT2D eigenvalue weighted by Gasteiger charge is 2.30. The second kappa shape index (κ2) is 13.4. The summed E-state index contributed by atoms with van der Waals surface area (Å²) in [6.07, 6.45) is 0.968. The number of pyridine rings is 1. The number of hydrogen-bond acceptors (Lipinski definition) is 6. The van der Waals surface area contributed by atoms with Crippen molar-refractivity contribution in [3.63, 3.8) is 0 Å². The van der Waals surface area contributed by atoms with Gasteiger partial charge in [-0.25, -0.2) is 8.78 Å². The Morgan fingerprint density at radius 2 is 1.71 bits per heavy atom. The smallest absolute Gasteiger partial charge is 0.305 e. The standard InChI is InChI=1S/C24H25F4N3O7/c1-3-6-18(33)29-14-7-5-8-31(24(14)37)16(4-2)23(36)30-15(10-19(34)35)17(32)11-38-22-20(27)12(25)9-13(26)21(22)28/h5,7-9,15-16H,3-4,6,10-11H2,1-2H3,(H,29,33)(H,30,36)(H,34,35)/t15-,16?/m0/s1. The van der Waals surface area contributed by atoms with Crippen molar-refractivity contribution >= 4 is 29.3 Å². The number of carboxylic acid groups (broad SMARTS) is 1. The van der Waals surface area contributed by atoms with E-state index in [2.05, 4.69) is 15.4 Å². The molecule has 2 amide bonds. The minimum absolute atomic E-state index is 0.00156. The summed E-state index contributed by atoms with van der Waals surface area (Å²) < 4.78 is 59.9. The van der Waals surface area contributed by atoms with Crippen LogP contribution in [-0.2, 0) is 19.2 Å². The summed E-state index contributed by atoms with van der Waals surface area (Å²) >= 11 is 0. The second-order valence-electron chi connectivity index (χ2n) is 8.07. The maximum atomic E-state index is 13.8. The van der Waals surface area contributed by atoms with Gasteiger partial charge in [0, 0.05) is 18.7 Å². The zero-order chi connectivity index (χ0) is 28.6. The molecule has 3 N–H and O–H groups in total. The lowest BCUT2D eigenvalue weighted by molar-refractivity contribution is -0.140. The molecule has 10 nitrogen and oxygen atoms in total. The molecule has 0 spiro atoms. The molecule has 0 fully saturated rings. The maximum absolute atomic E-state index is 13.8. The van der Waals surface area contributed by atoms with E-state index in [1.807, 2.05) is 0 Å². The first-order valence-electron chi connectivity index (χ1n) is 11.4. The third kappa shape index (κ3) is 7.40. The molecular weight excluding hydrogens is 518 g/mol. The van der Waals surface area contributed by atoms with Crippen LogP contribution in [0, 0.1) is 23.3 Å². The molecule has 1 unspecified atom stereocenters. The Hall–Kier alpha value is -4.23. The van der Waals surface area contributed by atoms with Gasteiger partial charge < -0.3 is 25.0 Å². The second-order valence-corrected chi connectivity index (χ2v) is 8.07. The van der Waals surface area contributed by atoms with Crippen molar-refractivity contribution in [1.29, 1.82) is 0 Å². The Balaban J connectivity index is 2.25. The minimum atomic E-state index is -1.91. The minimum Gasteiger partial charge on any atom is -0.481 e. The van der Waals surface area contributed by atoms with Crippen LogP contribution in [0.4, 0.5) is 23.2 Å². The molecule has 206 valence electrons. The topological polar surface area (TPSA) is 144 Å². The fourth-order valence-electron chi connectivity index (χ4n) is 3.41. The molecule has 0 saturated heterocycles. The fraction of sp³-hybridized carbons (Fsp3) is 0.375. The monoisotopic (exact) mass is 543 g/mol. The Morgan fingerprint density at radius 1 is 1.08 bits per heavy atom. The van der Waals surface area contributed by atoms with Crippen LogP contribution in [-0.4, -0.2) is 45.9 Å². The van der Waals surface area contributed by atoms with Crippen LogP contribution in [0.5, 0.6) is 5.75 Å². The van der Waals surface area contributed by atoms with Gasteiger partial charge in [0.25, 0.3) is 5.56 Å². The maximum Gasteiger partial charge on any atom is 0.305 e. The lowest BCUT2D eigenvalue weighted by Crippen LogP contribution is -2.48. The number of anilines is 1. The van der Waals surface area contributed by atoms with E-state index in [1.165, 1.54) is 25.3 Å². The molecular formula is C24H25F4N3O7. The van der Waals surface area contributed by atoms with Crippen molar-refractivity contribution in [2.24, 2.45) is 0 Å². The molecule has 38 heavy (non-hydrogen) atoms. The summed E-state index contributed by atoms with van der Waals surface area (Å²) in [7, 11) is 0. The number of aromatic nitrogens is 1. The summed E-state index contributed by atoms with van der Waals surface area (Å²) in [6.45, 7) is 2.05. The zero-order valence-electron chi connectivity index (χ0n) is 20.4. The molecule has 0 bridgehead atoms. The van der Waals surface area contributed by atoms with Crippen molar-refractivity contribution < 1.29 is 46.6 Å². The van der Waals surface area contributed by atoms with Gasteiger partial charge in [-0.15, -0.1) is 0 Å². The van der Waals surface area contributed by atoms with Gasteiger partial charge in [0.05, 0.1) is 6.42 Å². The fourth-order valence-corrected chi connectivity index (χ4v) is 3.41. The zero-order valence-corrected chi connectivity index (χ0v) is 20.4. The van der Waals surface area contributed by atoms with Crippen molar-refractivity contribution in [1.82, 2.24) is 9.88 Å². The third-order valence-electron chi connectivity index (χ3n) is 5.26. The van der Waals surface area contributed by atoms with Crippen molar-refractivity contribution in [3.05, 3.63) is 58.0 Å². The number of nitrogens with zero attached hydrogens (tertiary/aromatic N) is 1. The molecule has 1 heterocycles. The summed E-state index contributed by atoms with van der Waals surface area (Å²) in [5.41, 5.74) is -0.836. The Morgan fingerprint density at radius 3 is 2.26 bits per heavy atom. The summed E-state index contributed by atoms with van der Waals surface area (Å²) in [5, 5.41) is 13.8. The van der Waals surface area contributed by atoms with Crippen LogP contribution in [0.1, 0.15) is 45.6 Å². The van der Waals surface area contributed by atoms with Crippen LogP contribution >= 0.6 is 0 Å². The molecule has 14 heteroatoms. The van der Waals surface area contributed by atoms with Gasteiger partial charge >= 0.3 is 5.97 Å². The van der Waals surface area contributed by atoms with Crippen LogP contribution in [0.3, 0.4) is 0 Å². The van der Waals surface area contributed by atoms with Crippen LogP contribution < -0.4 is 20.9 Å². The number of aliphatic carboxylic acids is 1. The molecule has 2 atom stereocenters. The third-order valence-corrected chi connectivity index (χ3v) is 5.26. The predicted molar refractivity (Wildman–Crippen MR) is 125 cm³/mol. The number of nitrogens with one attached hydrogen (secondary N) is 2. The predicted octanol–water partition coefficient (Wildman–Crippen LogP) is 2.70. The quantitative estimate of drug-likeness (QED) is 0.260.